The number of esters is 1. The topological polar surface area (TPSA) is 87.7 Å². The molecule has 0 aromatic carbocycles. The molecule has 0 aliphatic carbocycles. The number of hydrogen-bond donors (Lipinski definition) is 2. The number of carbonyl (C=O) groups is 3. The van der Waals surface area contributed by atoms with Crippen molar-refractivity contribution in [3.05, 3.63) is 0 Å². The normalized spacial score (nSPS) is 11.2. The molecular weight excluding hydrogens is 286 g/mol. The third-order valence-electron chi connectivity index (χ3n) is 3.06. The van der Waals surface area contributed by atoms with E-state index >= 15 is 0 Å². The van der Waals surface area contributed by atoms with Crippen molar-refractivity contribution >= 4 is 17.8 Å². The minimum Gasteiger partial charge on any atom is -0.469 e. The fourth-order valence-electron chi connectivity index (χ4n) is 1.53. The Bertz CT molecular complexity index is 377. The van der Waals surface area contributed by atoms with Gasteiger partial charge in [0.2, 0.25) is 11.8 Å². The third-order valence-corrected chi connectivity index (χ3v) is 3.06. The lowest BCUT2D eigenvalue weighted by Gasteiger charge is -2.20. The first-order valence-corrected chi connectivity index (χ1v) is 7.47. The molecule has 0 saturated heterocycles. The van der Waals surface area contributed by atoms with Gasteiger partial charge in [0.1, 0.15) is 0 Å². The van der Waals surface area contributed by atoms with E-state index < -0.39 is 0 Å². The van der Waals surface area contributed by atoms with Gasteiger partial charge in [-0.1, -0.05) is 20.8 Å². The zero-order valence-corrected chi connectivity index (χ0v) is 14.3. The molecule has 2 amide bonds. The standard InChI is InChI=1S/C15H29N3O4/c1-15(2,3)14(21)17-9-11-18(4)10-8-16-12(19)6-7-13(20)22-5/h6-11H2,1-5H3,(H,16,19)(H,17,21). The summed E-state index contributed by atoms with van der Waals surface area (Å²) >= 11 is 0. The summed E-state index contributed by atoms with van der Waals surface area (Å²) in [6.07, 6.45) is 0.231. The predicted octanol–water partition coefficient (Wildman–Crippen LogP) is 0.150. The van der Waals surface area contributed by atoms with E-state index in [0.29, 0.717) is 26.2 Å². The summed E-state index contributed by atoms with van der Waals surface area (Å²) in [5, 5.41) is 5.61. The lowest BCUT2D eigenvalue weighted by molar-refractivity contribution is -0.142. The first-order valence-electron chi connectivity index (χ1n) is 7.47. The quantitative estimate of drug-likeness (QED) is 0.591. The van der Waals surface area contributed by atoms with Gasteiger partial charge in [0.25, 0.3) is 0 Å². The molecule has 0 unspecified atom stereocenters. The van der Waals surface area contributed by atoms with E-state index in [1.165, 1.54) is 7.11 Å². The summed E-state index contributed by atoms with van der Waals surface area (Å²) in [4.78, 5) is 36.1. The SMILES string of the molecule is COC(=O)CCC(=O)NCCN(C)CCNC(=O)C(C)(C)C. The van der Waals surface area contributed by atoms with Crippen molar-refractivity contribution in [3.63, 3.8) is 0 Å². The Labute approximate surface area is 132 Å². The maximum Gasteiger partial charge on any atom is 0.306 e. The first-order chi connectivity index (χ1) is 10.2. The highest BCUT2D eigenvalue weighted by Crippen LogP contribution is 2.11. The van der Waals surface area contributed by atoms with E-state index in [1.807, 2.05) is 32.7 Å². The van der Waals surface area contributed by atoms with Crippen molar-refractivity contribution in [1.29, 1.82) is 0 Å². The fourth-order valence-corrected chi connectivity index (χ4v) is 1.53. The third kappa shape index (κ3) is 10.1. The second-order valence-electron chi connectivity index (χ2n) is 6.24. The van der Waals surface area contributed by atoms with Gasteiger partial charge < -0.3 is 20.3 Å². The molecule has 0 heterocycles. The molecule has 0 aliphatic rings. The van der Waals surface area contributed by atoms with Gasteiger partial charge in [0.15, 0.2) is 0 Å². The predicted molar refractivity (Wildman–Crippen MR) is 84.2 cm³/mol. The highest BCUT2D eigenvalue weighted by molar-refractivity contribution is 5.81. The van der Waals surface area contributed by atoms with Crippen LogP contribution in [0, 0.1) is 5.41 Å². The number of rotatable bonds is 9. The van der Waals surface area contributed by atoms with Crippen LogP contribution in [0.15, 0.2) is 0 Å². The Morgan fingerprint density at radius 3 is 2.05 bits per heavy atom. The smallest absolute Gasteiger partial charge is 0.306 e. The highest BCUT2D eigenvalue weighted by atomic mass is 16.5. The largest absolute Gasteiger partial charge is 0.469 e. The van der Waals surface area contributed by atoms with Gasteiger partial charge in [0.05, 0.1) is 13.5 Å². The molecule has 0 aromatic heterocycles. The Kier molecular flexibility index (Phi) is 9.40. The van der Waals surface area contributed by atoms with E-state index in [2.05, 4.69) is 15.4 Å². The Morgan fingerprint density at radius 1 is 1.00 bits per heavy atom. The first kappa shape index (κ1) is 20.4. The van der Waals surface area contributed by atoms with E-state index in [1.54, 1.807) is 0 Å². The van der Waals surface area contributed by atoms with Gasteiger partial charge in [0, 0.05) is 38.0 Å². The van der Waals surface area contributed by atoms with Crippen LogP contribution in [0.2, 0.25) is 0 Å². The number of ether oxygens (including phenoxy) is 1. The fraction of sp³-hybridized carbons (Fsp3) is 0.800. The van der Waals surface area contributed by atoms with E-state index in [-0.39, 0.29) is 36.0 Å². The van der Waals surface area contributed by atoms with Gasteiger partial charge in [-0.15, -0.1) is 0 Å². The van der Waals surface area contributed by atoms with Crippen molar-refractivity contribution in [3.8, 4) is 0 Å². The zero-order valence-electron chi connectivity index (χ0n) is 14.3. The molecule has 0 aliphatic heterocycles. The average molecular weight is 315 g/mol. The van der Waals surface area contributed by atoms with Crippen LogP contribution < -0.4 is 10.6 Å². The average Bonchev–Trinajstić information content (AvgIpc) is 2.43. The lowest BCUT2D eigenvalue weighted by Crippen LogP contribution is -2.40. The molecule has 22 heavy (non-hydrogen) atoms. The van der Waals surface area contributed by atoms with Gasteiger partial charge in [-0.3, -0.25) is 14.4 Å². The monoisotopic (exact) mass is 315 g/mol. The van der Waals surface area contributed by atoms with Crippen molar-refractivity contribution in [2.75, 3.05) is 40.3 Å². The Morgan fingerprint density at radius 2 is 1.55 bits per heavy atom. The van der Waals surface area contributed by atoms with E-state index in [0.717, 1.165) is 0 Å². The number of likely N-dealkylation sites (N-methyl/N-ethyl adjacent to an activating group) is 1. The molecular formula is C15H29N3O4. The zero-order chi connectivity index (χ0) is 17.2. The van der Waals surface area contributed by atoms with Crippen molar-refractivity contribution in [2.45, 2.75) is 33.6 Å². The van der Waals surface area contributed by atoms with Gasteiger partial charge in [-0.2, -0.15) is 0 Å². The number of hydrogen-bond acceptors (Lipinski definition) is 5. The molecule has 7 heteroatoms. The van der Waals surface area contributed by atoms with Crippen LogP contribution in [0.4, 0.5) is 0 Å². The molecule has 7 nitrogen and oxygen atoms in total. The van der Waals surface area contributed by atoms with Crippen LogP contribution >= 0.6 is 0 Å². The van der Waals surface area contributed by atoms with Gasteiger partial charge in [-0.05, 0) is 7.05 Å². The molecule has 128 valence electrons. The Balaban J connectivity index is 3.69. The molecule has 2 N–H and O–H groups in total. The summed E-state index contributed by atoms with van der Waals surface area (Å²) in [7, 11) is 3.22. The summed E-state index contributed by atoms with van der Waals surface area (Å²) in [6.45, 7) is 8.07. The van der Waals surface area contributed by atoms with Crippen molar-refractivity contribution < 1.29 is 19.1 Å². The number of methoxy groups -OCH3 is 1. The summed E-state index contributed by atoms with van der Waals surface area (Å²) in [6, 6.07) is 0. The van der Waals surface area contributed by atoms with Crippen LogP contribution in [0.25, 0.3) is 0 Å². The van der Waals surface area contributed by atoms with Gasteiger partial charge in [-0.25, -0.2) is 0 Å². The van der Waals surface area contributed by atoms with Gasteiger partial charge >= 0.3 is 5.97 Å². The van der Waals surface area contributed by atoms with E-state index in [4.69, 9.17) is 0 Å². The van der Waals surface area contributed by atoms with Crippen LogP contribution in [-0.4, -0.2) is 63.0 Å². The van der Waals surface area contributed by atoms with Crippen LogP contribution in [-0.2, 0) is 19.1 Å². The minimum absolute atomic E-state index is 0.0250. The van der Waals surface area contributed by atoms with Crippen LogP contribution in [0.5, 0.6) is 0 Å². The lowest BCUT2D eigenvalue weighted by atomic mass is 9.96. The highest BCUT2D eigenvalue weighted by Gasteiger charge is 2.20. The maximum absolute atomic E-state index is 11.7. The summed E-state index contributed by atoms with van der Waals surface area (Å²) in [5.41, 5.74) is -0.383. The second-order valence-corrected chi connectivity index (χ2v) is 6.24. The van der Waals surface area contributed by atoms with E-state index in [9.17, 15) is 14.4 Å². The minimum atomic E-state index is -0.387. The second kappa shape index (κ2) is 10.2. The summed E-state index contributed by atoms with van der Waals surface area (Å²) in [5.74, 6) is -0.529. The molecule has 0 radical (unpaired) electrons. The van der Waals surface area contributed by atoms with Crippen molar-refractivity contribution in [1.82, 2.24) is 15.5 Å². The summed E-state index contributed by atoms with van der Waals surface area (Å²) < 4.78 is 4.47. The molecule has 0 bridgehead atoms. The number of amides is 2. The van der Waals surface area contributed by atoms with Crippen LogP contribution in [0.3, 0.4) is 0 Å². The maximum atomic E-state index is 11.7. The molecule has 0 saturated carbocycles. The number of carbonyl (C=O) groups excluding carboxylic acids is 3. The molecule has 0 atom stereocenters. The van der Waals surface area contributed by atoms with Crippen molar-refractivity contribution in [2.24, 2.45) is 5.41 Å². The number of nitrogens with zero attached hydrogens (tertiary/aromatic N) is 1. The Hall–Kier alpha value is -1.63. The van der Waals surface area contributed by atoms with Crippen LogP contribution in [0.1, 0.15) is 33.6 Å². The molecule has 0 aromatic rings. The molecule has 0 rings (SSSR count). The number of nitrogens with one attached hydrogen (secondary N) is 2. The molecule has 0 spiro atoms. The molecule has 0 fully saturated rings.